The Balaban J connectivity index is 2.04. The number of hydrogen-bond acceptors (Lipinski definition) is 3. The van der Waals surface area contributed by atoms with E-state index in [9.17, 15) is 10.1 Å². The van der Waals surface area contributed by atoms with Crippen LogP contribution in [-0.4, -0.2) is 38.0 Å². The summed E-state index contributed by atoms with van der Waals surface area (Å²) in [7, 11) is 3.96. The van der Waals surface area contributed by atoms with E-state index in [0.29, 0.717) is 0 Å². The molecule has 0 aromatic heterocycles. The zero-order valence-electron chi connectivity index (χ0n) is 12.2. The second-order valence-corrected chi connectivity index (χ2v) is 5.46. The molecule has 0 spiro atoms. The number of rotatable bonds is 4. The third kappa shape index (κ3) is 3.30. The maximum Gasteiger partial charge on any atom is 0.224 e. The molecule has 20 heavy (non-hydrogen) atoms. The molecule has 4 nitrogen and oxygen atoms in total. The standard InChI is InChI=1S/C16H21N3O/c1-18(2)15-7-5-13(6-8-15)14(12-17)11-16(20)19-9-3-4-10-19/h5-8,14H,3-4,9-11H2,1-2H3. The van der Waals surface area contributed by atoms with Crippen LogP contribution in [0.15, 0.2) is 24.3 Å². The number of amides is 1. The third-order valence-electron chi connectivity index (χ3n) is 3.81. The van der Waals surface area contributed by atoms with Crippen LogP contribution < -0.4 is 4.90 Å². The van der Waals surface area contributed by atoms with Gasteiger partial charge < -0.3 is 9.80 Å². The summed E-state index contributed by atoms with van der Waals surface area (Å²) in [6, 6.07) is 10.1. The predicted octanol–water partition coefficient (Wildman–Crippen LogP) is 2.37. The number of carbonyl (C=O) groups excluding carboxylic acids is 1. The first-order chi connectivity index (χ1) is 9.61. The highest BCUT2D eigenvalue weighted by Gasteiger charge is 2.22. The molecular weight excluding hydrogens is 250 g/mol. The minimum absolute atomic E-state index is 0.103. The van der Waals surface area contributed by atoms with E-state index in [4.69, 9.17) is 0 Å². The number of hydrogen-bond donors (Lipinski definition) is 0. The molecule has 0 radical (unpaired) electrons. The first-order valence-electron chi connectivity index (χ1n) is 7.06. The smallest absolute Gasteiger partial charge is 0.224 e. The molecule has 1 unspecified atom stereocenters. The van der Waals surface area contributed by atoms with Crippen LogP contribution in [0.4, 0.5) is 5.69 Å². The highest BCUT2D eigenvalue weighted by Crippen LogP contribution is 2.23. The van der Waals surface area contributed by atoms with Crippen LogP contribution in [0.1, 0.15) is 30.7 Å². The van der Waals surface area contributed by atoms with Gasteiger partial charge in [-0.05, 0) is 30.5 Å². The fourth-order valence-electron chi connectivity index (χ4n) is 2.51. The van der Waals surface area contributed by atoms with Gasteiger partial charge in [0.25, 0.3) is 0 Å². The molecule has 1 amide bonds. The van der Waals surface area contributed by atoms with Crippen molar-refractivity contribution < 1.29 is 4.79 Å². The quantitative estimate of drug-likeness (QED) is 0.844. The SMILES string of the molecule is CN(C)c1ccc(C(C#N)CC(=O)N2CCCC2)cc1. The van der Waals surface area contributed by atoms with Crippen LogP contribution in [0.25, 0.3) is 0 Å². The second kappa shape index (κ2) is 6.42. The van der Waals surface area contributed by atoms with Gasteiger partial charge >= 0.3 is 0 Å². The van der Waals surface area contributed by atoms with Crippen molar-refractivity contribution >= 4 is 11.6 Å². The molecule has 4 heteroatoms. The molecule has 0 aliphatic carbocycles. The molecule has 1 fully saturated rings. The number of nitriles is 1. The van der Waals surface area contributed by atoms with Gasteiger partial charge in [0.2, 0.25) is 5.91 Å². The highest BCUT2D eigenvalue weighted by atomic mass is 16.2. The van der Waals surface area contributed by atoms with Crippen molar-refractivity contribution in [3.05, 3.63) is 29.8 Å². The fraction of sp³-hybridized carbons (Fsp3) is 0.500. The van der Waals surface area contributed by atoms with E-state index in [-0.39, 0.29) is 18.2 Å². The Morgan fingerprint density at radius 2 is 1.90 bits per heavy atom. The lowest BCUT2D eigenvalue weighted by Crippen LogP contribution is -2.28. The van der Waals surface area contributed by atoms with Crippen LogP contribution in [-0.2, 0) is 4.79 Å². The van der Waals surface area contributed by atoms with Gasteiger partial charge in [0.05, 0.1) is 12.0 Å². The van der Waals surface area contributed by atoms with Crippen LogP contribution in [0.5, 0.6) is 0 Å². The summed E-state index contributed by atoms with van der Waals surface area (Å²) in [4.78, 5) is 16.0. The van der Waals surface area contributed by atoms with Crippen molar-refractivity contribution in [1.82, 2.24) is 4.90 Å². The molecule has 1 aliphatic rings. The summed E-state index contributed by atoms with van der Waals surface area (Å²) < 4.78 is 0. The summed E-state index contributed by atoms with van der Waals surface area (Å²) in [5.41, 5.74) is 2.02. The number of anilines is 1. The molecule has 0 bridgehead atoms. The number of benzene rings is 1. The molecule has 1 atom stereocenters. The van der Waals surface area contributed by atoms with Gasteiger partial charge in [0.1, 0.15) is 0 Å². The van der Waals surface area contributed by atoms with Crippen molar-refractivity contribution in [1.29, 1.82) is 5.26 Å². The van der Waals surface area contributed by atoms with E-state index >= 15 is 0 Å². The van der Waals surface area contributed by atoms with Crippen LogP contribution in [0, 0.1) is 11.3 Å². The summed E-state index contributed by atoms with van der Waals surface area (Å²) in [6.07, 6.45) is 2.46. The Kier molecular flexibility index (Phi) is 4.62. The molecule has 106 valence electrons. The minimum Gasteiger partial charge on any atom is -0.378 e. The number of likely N-dealkylation sites (tertiary alicyclic amines) is 1. The molecule has 1 saturated heterocycles. The van der Waals surface area contributed by atoms with Gasteiger partial charge in [-0.25, -0.2) is 0 Å². The van der Waals surface area contributed by atoms with E-state index in [1.54, 1.807) is 0 Å². The Morgan fingerprint density at radius 3 is 2.40 bits per heavy atom. The largest absolute Gasteiger partial charge is 0.378 e. The van der Waals surface area contributed by atoms with Crippen molar-refractivity contribution in [2.45, 2.75) is 25.2 Å². The van der Waals surface area contributed by atoms with Crippen molar-refractivity contribution in [2.24, 2.45) is 0 Å². The molecule has 1 aromatic carbocycles. The van der Waals surface area contributed by atoms with Gasteiger partial charge in [-0.15, -0.1) is 0 Å². The van der Waals surface area contributed by atoms with Gasteiger partial charge in [0.15, 0.2) is 0 Å². The first-order valence-corrected chi connectivity index (χ1v) is 7.06. The first kappa shape index (κ1) is 14.4. The highest BCUT2D eigenvalue weighted by molar-refractivity contribution is 5.78. The van der Waals surface area contributed by atoms with E-state index < -0.39 is 0 Å². The minimum atomic E-state index is -0.348. The Hall–Kier alpha value is -2.02. The summed E-state index contributed by atoms with van der Waals surface area (Å²) in [5.74, 6) is -0.245. The Morgan fingerprint density at radius 1 is 1.30 bits per heavy atom. The Bertz CT molecular complexity index is 495. The van der Waals surface area contributed by atoms with Gasteiger partial charge in [-0.2, -0.15) is 5.26 Å². The zero-order chi connectivity index (χ0) is 14.5. The average Bonchev–Trinajstić information content (AvgIpc) is 2.99. The molecular formula is C16H21N3O. The molecule has 1 aliphatic heterocycles. The van der Waals surface area contributed by atoms with Gasteiger partial charge in [0, 0.05) is 39.3 Å². The predicted molar refractivity (Wildman–Crippen MR) is 79.6 cm³/mol. The van der Waals surface area contributed by atoms with Crippen LogP contribution in [0.3, 0.4) is 0 Å². The van der Waals surface area contributed by atoms with Gasteiger partial charge in [-0.1, -0.05) is 12.1 Å². The van der Waals surface area contributed by atoms with E-state index in [1.807, 2.05) is 48.2 Å². The van der Waals surface area contributed by atoms with Crippen LogP contribution in [0.2, 0.25) is 0 Å². The van der Waals surface area contributed by atoms with Crippen molar-refractivity contribution in [3.8, 4) is 6.07 Å². The van der Waals surface area contributed by atoms with Gasteiger partial charge in [-0.3, -0.25) is 4.79 Å². The summed E-state index contributed by atoms with van der Waals surface area (Å²) in [6.45, 7) is 1.69. The number of carbonyl (C=O) groups is 1. The number of nitrogens with zero attached hydrogens (tertiary/aromatic N) is 3. The van der Waals surface area contributed by atoms with E-state index in [1.165, 1.54) is 0 Å². The molecule has 0 saturated carbocycles. The van der Waals surface area contributed by atoms with Crippen molar-refractivity contribution in [2.75, 3.05) is 32.1 Å². The topological polar surface area (TPSA) is 47.3 Å². The maximum atomic E-state index is 12.1. The molecule has 1 heterocycles. The lowest BCUT2D eigenvalue weighted by Gasteiger charge is -2.18. The monoisotopic (exact) mass is 271 g/mol. The second-order valence-electron chi connectivity index (χ2n) is 5.46. The molecule has 2 rings (SSSR count). The lowest BCUT2D eigenvalue weighted by atomic mass is 9.96. The van der Waals surface area contributed by atoms with E-state index in [2.05, 4.69) is 6.07 Å². The van der Waals surface area contributed by atoms with Crippen LogP contribution >= 0.6 is 0 Å². The maximum absolute atomic E-state index is 12.1. The third-order valence-corrected chi connectivity index (χ3v) is 3.81. The normalized spacial score (nSPS) is 15.8. The Labute approximate surface area is 120 Å². The van der Waals surface area contributed by atoms with Crippen molar-refractivity contribution in [3.63, 3.8) is 0 Å². The zero-order valence-corrected chi connectivity index (χ0v) is 12.2. The molecule has 1 aromatic rings. The fourth-order valence-corrected chi connectivity index (χ4v) is 2.51. The van der Waals surface area contributed by atoms with E-state index in [0.717, 1.165) is 37.2 Å². The average molecular weight is 271 g/mol. The lowest BCUT2D eigenvalue weighted by molar-refractivity contribution is -0.130. The summed E-state index contributed by atoms with van der Waals surface area (Å²) >= 11 is 0. The molecule has 0 N–H and O–H groups in total. The summed E-state index contributed by atoms with van der Waals surface area (Å²) in [5, 5.41) is 9.32.